The van der Waals surface area contributed by atoms with Gasteiger partial charge in [0.1, 0.15) is 5.76 Å². The lowest BCUT2D eigenvalue weighted by Crippen LogP contribution is -2.30. The minimum absolute atomic E-state index is 0.0382. The third-order valence-corrected chi connectivity index (χ3v) is 5.64. The van der Waals surface area contributed by atoms with Crippen molar-refractivity contribution in [1.29, 1.82) is 0 Å². The highest BCUT2D eigenvalue weighted by atomic mass is 32.1. The van der Waals surface area contributed by atoms with E-state index < -0.39 is 23.5 Å². The minimum atomic E-state index is -0.763. The van der Waals surface area contributed by atoms with Crippen LogP contribution in [0.15, 0.2) is 58.7 Å². The van der Waals surface area contributed by atoms with Crippen LogP contribution in [0.4, 0.5) is 0 Å². The molecule has 4 rings (SSSR count). The summed E-state index contributed by atoms with van der Waals surface area (Å²) >= 11 is 1.25. The molecule has 0 saturated heterocycles. The van der Waals surface area contributed by atoms with E-state index in [0.717, 1.165) is 5.01 Å². The maximum absolute atomic E-state index is 13.3. The van der Waals surface area contributed by atoms with Crippen molar-refractivity contribution < 1.29 is 19.1 Å². The molecule has 1 N–H and O–H groups in total. The summed E-state index contributed by atoms with van der Waals surface area (Å²) in [5.41, 5.74) is 1.25. The van der Waals surface area contributed by atoms with Crippen LogP contribution in [0.3, 0.4) is 0 Å². The molecule has 28 heavy (non-hydrogen) atoms. The molecule has 0 aromatic carbocycles. The predicted molar refractivity (Wildman–Crippen MR) is 102 cm³/mol. The normalized spacial score (nSPS) is 16.9. The fourth-order valence-corrected chi connectivity index (χ4v) is 4.24. The molecule has 142 valence electrons. The van der Waals surface area contributed by atoms with Gasteiger partial charge in [-0.1, -0.05) is 6.07 Å². The fourth-order valence-electron chi connectivity index (χ4n) is 3.37. The quantitative estimate of drug-likeness (QED) is 0.664. The zero-order chi connectivity index (χ0) is 19.8. The summed E-state index contributed by atoms with van der Waals surface area (Å²) in [4.78, 5) is 36.4. The van der Waals surface area contributed by atoms with E-state index in [1.807, 2.05) is 6.92 Å². The van der Waals surface area contributed by atoms with Gasteiger partial charge in [-0.15, -0.1) is 11.3 Å². The maximum Gasteiger partial charge on any atom is 0.290 e. The topological polar surface area (TPSA) is 96.5 Å². The lowest BCUT2D eigenvalue weighted by Gasteiger charge is -2.25. The van der Waals surface area contributed by atoms with Crippen molar-refractivity contribution in [3.05, 3.63) is 81.2 Å². The van der Waals surface area contributed by atoms with Gasteiger partial charge in [0.25, 0.3) is 5.91 Å². The van der Waals surface area contributed by atoms with Gasteiger partial charge in [-0.3, -0.25) is 14.6 Å². The summed E-state index contributed by atoms with van der Waals surface area (Å²) in [7, 11) is 0. The van der Waals surface area contributed by atoms with E-state index in [9.17, 15) is 14.7 Å². The van der Waals surface area contributed by atoms with Crippen LogP contribution in [-0.4, -0.2) is 31.7 Å². The Kier molecular flexibility index (Phi) is 4.56. The van der Waals surface area contributed by atoms with Crippen molar-refractivity contribution >= 4 is 23.0 Å². The van der Waals surface area contributed by atoms with E-state index >= 15 is 0 Å². The number of thiazole rings is 1. The number of Topliss-reactive ketones (excluding diaryl/α,β-unsaturated/α-hetero) is 1. The van der Waals surface area contributed by atoms with Gasteiger partial charge in [0.2, 0.25) is 5.78 Å². The van der Waals surface area contributed by atoms with Gasteiger partial charge in [-0.2, -0.15) is 0 Å². The second-order valence-electron chi connectivity index (χ2n) is 6.44. The van der Waals surface area contributed by atoms with Gasteiger partial charge in [0.15, 0.2) is 5.76 Å². The van der Waals surface area contributed by atoms with Gasteiger partial charge in [0.05, 0.1) is 40.0 Å². The number of aryl methyl sites for hydroxylation is 2. The van der Waals surface area contributed by atoms with Crippen LogP contribution in [0.25, 0.3) is 0 Å². The van der Waals surface area contributed by atoms with Crippen molar-refractivity contribution in [3.8, 4) is 0 Å². The Hall–Kier alpha value is -3.26. The highest BCUT2D eigenvalue weighted by Gasteiger charge is 2.44. The molecule has 3 aromatic heterocycles. The maximum atomic E-state index is 13.3. The first-order chi connectivity index (χ1) is 13.5. The summed E-state index contributed by atoms with van der Waals surface area (Å²) < 4.78 is 5.36. The number of pyridine rings is 1. The van der Waals surface area contributed by atoms with Crippen LogP contribution < -0.4 is 0 Å². The third-order valence-electron chi connectivity index (χ3n) is 4.56. The number of hydrogen-bond acceptors (Lipinski definition) is 7. The van der Waals surface area contributed by atoms with Crippen molar-refractivity contribution in [1.82, 2.24) is 14.9 Å². The smallest absolute Gasteiger partial charge is 0.290 e. The summed E-state index contributed by atoms with van der Waals surface area (Å²) in [5, 5.41) is 11.4. The van der Waals surface area contributed by atoms with Gasteiger partial charge in [0, 0.05) is 12.4 Å². The molecule has 0 unspecified atom stereocenters. The molecule has 3 aromatic rings. The highest BCUT2D eigenvalue weighted by Crippen LogP contribution is 2.40. The van der Waals surface area contributed by atoms with Crippen molar-refractivity contribution in [2.45, 2.75) is 26.4 Å². The van der Waals surface area contributed by atoms with Crippen LogP contribution in [0.2, 0.25) is 0 Å². The molecule has 0 spiro atoms. The lowest BCUT2D eigenvalue weighted by atomic mass is 9.96. The number of carbonyl (C=O) groups excluding carboxylic acids is 2. The van der Waals surface area contributed by atoms with Gasteiger partial charge in [-0.05, 0) is 37.6 Å². The van der Waals surface area contributed by atoms with E-state index in [1.54, 1.807) is 43.6 Å². The SMILES string of the molecule is Cc1nc(C)c(C(=O)C2=C(O)C(=O)N(Cc3ccco3)[C@@H]2c2cccnc2)s1. The number of nitrogens with zero attached hydrogens (tertiary/aromatic N) is 3. The number of aromatic nitrogens is 2. The standard InChI is InChI=1S/C20H17N3O4S/c1-11-19(28-12(2)22-11)17(24)15-16(13-5-3-7-21-9-13)23(20(26)18(15)25)10-14-6-4-8-27-14/h3-9,16,25H,10H2,1-2H3/t16-/m1/s1. The molecular formula is C20H17N3O4S. The van der Waals surface area contributed by atoms with Crippen LogP contribution in [0, 0.1) is 13.8 Å². The summed E-state index contributed by atoms with van der Waals surface area (Å²) in [6.07, 6.45) is 4.71. The molecule has 8 heteroatoms. The Morgan fingerprint density at radius 3 is 2.75 bits per heavy atom. The zero-order valence-electron chi connectivity index (χ0n) is 15.2. The molecule has 1 aliphatic rings. The molecule has 0 bridgehead atoms. The molecule has 1 amide bonds. The Balaban J connectivity index is 1.81. The van der Waals surface area contributed by atoms with Crippen molar-refractivity contribution in [2.75, 3.05) is 0 Å². The summed E-state index contributed by atoms with van der Waals surface area (Å²) in [6.45, 7) is 3.67. The Bertz CT molecular complexity index is 1070. The van der Waals surface area contributed by atoms with E-state index in [2.05, 4.69) is 9.97 Å². The molecule has 4 heterocycles. The van der Waals surface area contributed by atoms with Crippen molar-refractivity contribution in [3.63, 3.8) is 0 Å². The molecule has 0 radical (unpaired) electrons. The van der Waals surface area contributed by atoms with Crippen molar-refractivity contribution in [2.24, 2.45) is 0 Å². The van der Waals surface area contributed by atoms with Gasteiger partial charge in [-0.25, -0.2) is 4.98 Å². The Labute approximate surface area is 165 Å². The fraction of sp³-hybridized carbons (Fsp3) is 0.200. The molecular weight excluding hydrogens is 378 g/mol. The zero-order valence-corrected chi connectivity index (χ0v) is 16.1. The first kappa shape index (κ1) is 18.1. The van der Waals surface area contributed by atoms with Crippen LogP contribution in [0.1, 0.15) is 37.7 Å². The van der Waals surface area contributed by atoms with E-state index in [1.165, 1.54) is 22.5 Å². The number of furan rings is 1. The van der Waals surface area contributed by atoms with Gasteiger partial charge < -0.3 is 14.4 Å². The number of aliphatic hydroxyl groups is 1. The number of ketones is 1. The first-order valence-electron chi connectivity index (χ1n) is 8.62. The second-order valence-corrected chi connectivity index (χ2v) is 7.64. The number of rotatable bonds is 5. The number of amides is 1. The summed E-state index contributed by atoms with van der Waals surface area (Å²) in [5.74, 6) is -1.01. The molecule has 7 nitrogen and oxygen atoms in total. The summed E-state index contributed by atoms with van der Waals surface area (Å²) in [6, 6.07) is 6.20. The lowest BCUT2D eigenvalue weighted by molar-refractivity contribution is -0.130. The average Bonchev–Trinajstić information content (AvgIpc) is 3.37. The van der Waals surface area contributed by atoms with E-state index in [0.29, 0.717) is 21.9 Å². The predicted octanol–water partition coefficient (Wildman–Crippen LogP) is 3.53. The highest BCUT2D eigenvalue weighted by molar-refractivity contribution is 7.14. The Morgan fingerprint density at radius 1 is 1.32 bits per heavy atom. The second kappa shape index (κ2) is 7.05. The van der Waals surface area contributed by atoms with Gasteiger partial charge >= 0.3 is 0 Å². The molecule has 0 aliphatic carbocycles. The molecule has 0 fully saturated rings. The van der Waals surface area contributed by atoms with E-state index in [-0.39, 0.29) is 12.1 Å². The number of hydrogen-bond donors (Lipinski definition) is 1. The monoisotopic (exact) mass is 395 g/mol. The first-order valence-corrected chi connectivity index (χ1v) is 9.44. The van der Waals surface area contributed by atoms with E-state index in [4.69, 9.17) is 4.42 Å². The molecule has 1 atom stereocenters. The number of aliphatic hydroxyl groups excluding tert-OH is 1. The average molecular weight is 395 g/mol. The largest absolute Gasteiger partial charge is 0.503 e. The van der Waals surface area contributed by atoms with Crippen LogP contribution in [-0.2, 0) is 11.3 Å². The van der Waals surface area contributed by atoms with Crippen LogP contribution >= 0.6 is 11.3 Å². The third kappa shape index (κ3) is 3.01. The number of carbonyl (C=O) groups is 2. The van der Waals surface area contributed by atoms with Crippen LogP contribution in [0.5, 0.6) is 0 Å². The molecule has 1 aliphatic heterocycles. The Morgan fingerprint density at radius 2 is 2.14 bits per heavy atom. The molecule has 0 saturated carbocycles. The minimum Gasteiger partial charge on any atom is -0.503 e.